The molecule has 1 aliphatic rings. The fourth-order valence-electron chi connectivity index (χ4n) is 2.37. The van der Waals surface area contributed by atoms with Gasteiger partial charge in [0.25, 0.3) is 0 Å². The number of ether oxygens (including phenoxy) is 1. The average molecular weight is 349 g/mol. The molecule has 2 N–H and O–H groups in total. The van der Waals surface area contributed by atoms with Gasteiger partial charge in [0.15, 0.2) is 0 Å². The van der Waals surface area contributed by atoms with Crippen LogP contribution >= 0.6 is 12.4 Å². The summed E-state index contributed by atoms with van der Waals surface area (Å²) in [6.45, 7) is 3.71. The Morgan fingerprint density at radius 3 is 2.50 bits per heavy atom. The maximum absolute atomic E-state index is 12.4. The third-order valence-corrected chi connectivity index (χ3v) is 5.54. The topological polar surface area (TPSA) is 72.6 Å². The van der Waals surface area contributed by atoms with Crippen LogP contribution in [0.25, 0.3) is 0 Å². The first-order valence-corrected chi connectivity index (χ1v) is 8.96. The zero-order chi connectivity index (χ0) is 15.3. The van der Waals surface area contributed by atoms with Crippen LogP contribution in [0, 0.1) is 0 Å². The summed E-state index contributed by atoms with van der Waals surface area (Å²) in [5.74, 6) is 0.711. The molecular formula is C15H25ClN2O3S. The molecule has 0 saturated carbocycles. The van der Waals surface area contributed by atoms with Crippen molar-refractivity contribution >= 4 is 22.4 Å². The fraction of sp³-hybridized carbons (Fsp3) is 0.600. The lowest BCUT2D eigenvalue weighted by Gasteiger charge is -2.16. The van der Waals surface area contributed by atoms with Crippen LogP contribution in [0.1, 0.15) is 32.6 Å². The summed E-state index contributed by atoms with van der Waals surface area (Å²) in [5.41, 5.74) is 5.78. The van der Waals surface area contributed by atoms with Gasteiger partial charge in [-0.2, -0.15) is 4.31 Å². The Balaban J connectivity index is 0.00000242. The van der Waals surface area contributed by atoms with Crippen LogP contribution in [0.5, 0.6) is 5.75 Å². The number of nitrogens with two attached hydrogens (primary N) is 1. The molecule has 0 aliphatic carbocycles. The highest BCUT2D eigenvalue weighted by molar-refractivity contribution is 7.89. The largest absolute Gasteiger partial charge is 0.494 e. The molecule has 126 valence electrons. The van der Waals surface area contributed by atoms with Crippen LogP contribution in [-0.2, 0) is 10.0 Å². The van der Waals surface area contributed by atoms with E-state index in [1.807, 2.05) is 0 Å². The first kappa shape index (κ1) is 19.2. The summed E-state index contributed by atoms with van der Waals surface area (Å²) >= 11 is 0. The van der Waals surface area contributed by atoms with E-state index in [4.69, 9.17) is 10.5 Å². The van der Waals surface area contributed by atoms with Gasteiger partial charge in [0.2, 0.25) is 10.0 Å². The minimum Gasteiger partial charge on any atom is -0.494 e. The summed E-state index contributed by atoms with van der Waals surface area (Å²) in [5, 5.41) is 0. The molecule has 1 aromatic rings. The summed E-state index contributed by atoms with van der Waals surface area (Å²) in [6, 6.07) is 6.59. The van der Waals surface area contributed by atoms with Gasteiger partial charge in [-0.3, -0.25) is 0 Å². The number of benzene rings is 1. The maximum atomic E-state index is 12.4. The van der Waals surface area contributed by atoms with Gasteiger partial charge >= 0.3 is 0 Å². The maximum Gasteiger partial charge on any atom is 0.243 e. The molecule has 0 bridgehead atoms. The summed E-state index contributed by atoms with van der Waals surface area (Å²) < 4.78 is 31.9. The minimum atomic E-state index is -3.42. The van der Waals surface area contributed by atoms with E-state index >= 15 is 0 Å². The van der Waals surface area contributed by atoms with E-state index < -0.39 is 10.0 Å². The number of rotatable bonds is 7. The minimum absolute atomic E-state index is 0. The zero-order valence-electron chi connectivity index (χ0n) is 12.9. The quantitative estimate of drug-likeness (QED) is 0.768. The second-order valence-corrected chi connectivity index (χ2v) is 7.38. The SMILES string of the molecule is CCCCCOc1ccc(S(=O)(=O)N2CC[C@@H](N)C2)cc1.Cl. The molecule has 0 radical (unpaired) electrons. The van der Waals surface area contributed by atoms with Gasteiger partial charge in [-0.05, 0) is 37.1 Å². The van der Waals surface area contributed by atoms with E-state index in [-0.39, 0.29) is 18.4 Å². The molecular weight excluding hydrogens is 324 g/mol. The Morgan fingerprint density at radius 1 is 1.27 bits per heavy atom. The average Bonchev–Trinajstić information content (AvgIpc) is 2.91. The molecule has 0 unspecified atom stereocenters. The number of hydrogen-bond donors (Lipinski definition) is 1. The van der Waals surface area contributed by atoms with Crippen LogP contribution < -0.4 is 10.5 Å². The highest BCUT2D eigenvalue weighted by atomic mass is 35.5. The Kier molecular flexibility index (Phi) is 7.62. The summed E-state index contributed by atoms with van der Waals surface area (Å²) in [6.07, 6.45) is 4.03. The van der Waals surface area contributed by atoms with Gasteiger partial charge in [-0.25, -0.2) is 8.42 Å². The van der Waals surface area contributed by atoms with E-state index in [1.165, 1.54) is 4.31 Å². The number of unbranched alkanes of at least 4 members (excludes halogenated alkanes) is 2. The molecule has 0 spiro atoms. The Labute approximate surface area is 139 Å². The van der Waals surface area contributed by atoms with Crippen LogP contribution in [0.2, 0.25) is 0 Å². The lowest BCUT2D eigenvalue weighted by molar-refractivity contribution is 0.306. The van der Waals surface area contributed by atoms with E-state index in [1.54, 1.807) is 24.3 Å². The van der Waals surface area contributed by atoms with Gasteiger partial charge in [0.1, 0.15) is 5.75 Å². The van der Waals surface area contributed by atoms with Crippen LogP contribution in [0.3, 0.4) is 0 Å². The summed E-state index contributed by atoms with van der Waals surface area (Å²) in [7, 11) is -3.42. The van der Waals surface area contributed by atoms with Gasteiger partial charge < -0.3 is 10.5 Å². The smallest absolute Gasteiger partial charge is 0.243 e. The van der Waals surface area contributed by atoms with Crippen molar-refractivity contribution in [3.05, 3.63) is 24.3 Å². The number of sulfonamides is 1. The first-order valence-electron chi connectivity index (χ1n) is 7.52. The van der Waals surface area contributed by atoms with Crippen molar-refractivity contribution in [1.29, 1.82) is 0 Å². The third-order valence-electron chi connectivity index (χ3n) is 3.67. The third kappa shape index (κ3) is 4.84. The van der Waals surface area contributed by atoms with Crippen molar-refractivity contribution in [2.24, 2.45) is 5.73 Å². The molecule has 22 heavy (non-hydrogen) atoms. The van der Waals surface area contributed by atoms with Gasteiger partial charge in [0.05, 0.1) is 11.5 Å². The molecule has 1 fully saturated rings. The number of halogens is 1. The second-order valence-electron chi connectivity index (χ2n) is 5.44. The molecule has 1 aliphatic heterocycles. The molecule has 7 heteroatoms. The Morgan fingerprint density at radius 2 is 1.95 bits per heavy atom. The van der Waals surface area contributed by atoms with Crippen LogP contribution in [0.4, 0.5) is 0 Å². The van der Waals surface area contributed by atoms with Crippen molar-refractivity contribution in [2.75, 3.05) is 19.7 Å². The Hall–Kier alpha value is -0.820. The van der Waals surface area contributed by atoms with Gasteiger partial charge in [0, 0.05) is 19.1 Å². The Bertz CT molecular complexity index is 548. The predicted octanol–water partition coefficient (Wildman–Crippen LogP) is 2.40. The van der Waals surface area contributed by atoms with Crippen molar-refractivity contribution < 1.29 is 13.2 Å². The van der Waals surface area contributed by atoms with Crippen molar-refractivity contribution in [3.8, 4) is 5.75 Å². The molecule has 1 heterocycles. The first-order chi connectivity index (χ1) is 10.0. The molecule has 0 aromatic heterocycles. The van der Waals surface area contributed by atoms with Crippen molar-refractivity contribution in [3.63, 3.8) is 0 Å². The fourth-order valence-corrected chi connectivity index (χ4v) is 3.88. The molecule has 0 amide bonds. The van der Waals surface area contributed by atoms with E-state index in [9.17, 15) is 8.42 Å². The highest BCUT2D eigenvalue weighted by Crippen LogP contribution is 2.22. The van der Waals surface area contributed by atoms with Gasteiger partial charge in [-0.15, -0.1) is 12.4 Å². The van der Waals surface area contributed by atoms with Crippen molar-refractivity contribution in [2.45, 2.75) is 43.5 Å². The second kappa shape index (κ2) is 8.72. The van der Waals surface area contributed by atoms with E-state index in [2.05, 4.69) is 6.92 Å². The van der Waals surface area contributed by atoms with Crippen LogP contribution in [0.15, 0.2) is 29.2 Å². The molecule has 1 aromatic carbocycles. The highest BCUT2D eigenvalue weighted by Gasteiger charge is 2.30. The molecule has 2 rings (SSSR count). The molecule has 5 nitrogen and oxygen atoms in total. The zero-order valence-corrected chi connectivity index (χ0v) is 14.5. The monoisotopic (exact) mass is 348 g/mol. The number of hydrogen-bond acceptors (Lipinski definition) is 4. The van der Waals surface area contributed by atoms with Gasteiger partial charge in [-0.1, -0.05) is 19.8 Å². The lowest BCUT2D eigenvalue weighted by atomic mass is 10.3. The van der Waals surface area contributed by atoms with Crippen molar-refractivity contribution in [1.82, 2.24) is 4.31 Å². The molecule has 1 saturated heterocycles. The standard InChI is InChI=1S/C15H24N2O3S.ClH/c1-2-3-4-11-20-14-5-7-15(8-6-14)21(18,19)17-10-9-13(16)12-17;/h5-8,13H,2-4,9-12,16H2,1H3;1H/t13-;/m1./s1. The normalized spacial score (nSPS) is 18.9. The molecule has 1 atom stereocenters. The van der Waals surface area contributed by atoms with E-state index in [0.29, 0.717) is 30.3 Å². The lowest BCUT2D eigenvalue weighted by Crippen LogP contribution is -2.31. The summed E-state index contributed by atoms with van der Waals surface area (Å²) in [4.78, 5) is 0.303. The number of nitrogens with zero attached hydrogens (tertiary/aromatic N) is 1. The van der Waals surface area contributed by atoms with E-state index in [0.717, 1.165) is 25.7 Å². The predicted molar refractivity (Wildman–Crippen MR) is 90.1 cm³/mol. The van der Waals surface area contributed by atoms with Crippen LogP contribution in [-0.4, -0.2) is 38.5 Å².